The Bertz CT molecular complexity index is 891. The van der Waals surface area contributed by atoms with Gasteiger partial charge >= 0.3 is 0 Å². The highest BCUT2D eigenvalue weighted by Gasteiger charge is 2.17. The van der Waals surface area contributed by atoms with Crippen molar-refractivity contribution < 1.29 is 23.7 Å². The van der Waals surface area contributed by atoms with E-state index in [0.717, 1.165) is 34.1 Å². The van der Waals surface area contributed by atoms with Gasteiger partial charge in [0.1, 0.15) is 18.1 Å². The molecule has 0 saturated carbocycles. The third kappa shape index (κ3) is 5.22. The first-order valence-corrected chi connectivity index (χ1v) is 9.82. The molecule has 2 aromatic rings. The molecule has 0 saturated heterocycles. The first kappa shape index (κ1) is 20.6. The molecule has 0 unspecified atom stereocenters. The minimum atomic E-state index is -0.130. The average molecular weight is 397 g/mol. The molecule has 0 aromatic heterocycles. The van der Waals surface area contributed by atoms with E-state index >= 15 is 0 Å². The van der Waals surface area contributed by atoms with Crippen LogP contribution < -0.4 is 24.3 Å². The smallest absolute Gasteiger partial charge is 0.250 e. The van der Waals surface area contributed by atoms with Gasteiger partial charge in [-0.05, 0) is 62.2 Å². The predicted octanol–water partition coefficient (Wildman–Crippen LogP) is 3.63. The summed E-state index contributed by atoms with van der Waals surface area (Å²) in [6, 6.07) is 11.4. The van der Waals surface area contributed by atoms with E-state index in [9.17, 15) is 4.79 Å². The fourth-order valence-electron chi connectivity index (χ4n) is 3.10. The Kier molecular flexibility index (Phi) is 7.00. The summed E-state index contributed by atoms with van der Waals surface area (Å²) in [6.45, 7) is 5.80. The van der Waals surface area contributed by atoms with E-state index in [-0.39, 0.29) is 12.5 Å². The Morgan fingerprint density at radius 1 is 1.07 bits per heavy atom. The molecule has 0 fully saturated rings. The zero-order valence-electron chi connectivity index (χ0n) is 17.1. The van der Waals surface area contributed by atoms with E-state index in [1.54, 1.807) is 7.11 Å². The van der Waals surface area contributed by atoms with E-state index in [1.807, 2.05) is 56.3 Å². The molecule has 1 amide bonds. The van der Waals surface area contributed by atoms with Crippen LogP contribution in [-0.4, -0.2) is 39.4 Å². The zero-order chi connectivity index (χ0) is 20.6. The van der Waals surface area contributed by atoms with Crippen molar-refractivity contribution in [3.63, 3.8) is 0 Å². The van der Waals surface area contributed by atoms with Gasteiger partial charge in [0.05, 0.1) is 25.9 Å². The van der Waals surface area contributed by atoms with Crippen LogP contribution in [0.15, 0.2) is 42.0 Å². The second-order valence-electron chi connectivity index (χ2n) is 6.52. The molecular formula is C23H27NO5. The maximum Gasteiger partial charge on any atom is 0.250 e. The van der Waals surface area contributed by atoms with Crippen molar-refractivity contribution in [2.24, 2.45) is 0 Å². The summed E-state index contributed by atoms with van der Waals surface area (Å²) in [5, 5.41) is 2.96. The first-order chi connectivity index (χ1) is 14.1. The molecule has 0 bridgehead atoms. The zero-order valence-corrected chi connectivity index (χ0v) is 17.1. The Balaban J connectivity index is 1.60. The molecule has 154 valence electrons. The Morgan fingerprint density at radius 2 is 1.86 bits per heavy atom. The number of fused-ring (bicyclic) bond motifs is 1. The van der Waals surface area contributed by atoms with Crippen molar-refractivity contribution in [2.75, 3.05) is 33.5 Å². The van der Waals surface area contributed by atoms with E-state index in [0.29, 0.717) is 31.8 Å². The van der Waals surface area contributed by atoms with Crippen molar-refractivity contribution >= 4 is 12.0 Å². The molecule has 1 aliphatic heterocycles. The molecular weight excluding hydrogens is 370 g/mol. The van der Waals surface area contributed by atoms with Crippen LogP contribution >= 0.6 is 0 Å². The third-order valence-corrected chi connectivity index (χ3v) is 4.53. The van der Waals surface area contributed by atoms with Crippen molar-refractivity contribution in [1.29, 1.82) is 0 Å². The van der Waals surface area contributed by atoms with Gasteiger partial charge in [0.15, 0.2) is 11.5 Å². The summed E-state index contributed by atoms with van der Waals surface area (Å²) in [5.41, 5.74) is 2.50. The summed E-state index contributed by atoms with van der Waals surface area (Å²) < 4.78 is 22.2. The quantitative estimate of drug-likeness (QED) is 0.700. The van der Waals surface area contributed by atoms with Gasteiger partial charge < -0.3 is 24.3 Å². The van der Waals surface area contributed by atoms with Crippen LogP contribution in [0.3, 0.4) is 0 Å². The first-order valence-electron chi connectivity index (χ1n) is 9.82. The second-order valence-corrected chi connectivity index (χ2v) is 6.52. The number of benzene rings is 2. The largest absolute Gasteiger partial charge is 0.497 e. The van der Waals surface area contributed by atoms with Crippen molar-refractivity contribution in [3.8, 4) is 23.0 Å². The third-order valence-electron chi connectivity index (χ3n) is 4.53. The van der Waals surface area contributed by atoms with Crippen LogP contribution in [0.4, 0.5) is 0 Å². The summed E-state index contributed by atoms with van der Waals surface area (Å²) in [6.07, 6.45) is 2.54. The SMILES string of the molecule is CCOc1ccc(CCNC(=O)C2=Cc3cc(OC)ccc3OC2)cc1OCC. The lowest BCUT2D eigenvalue weighted by Crippen LogP contribution is -2.30. The Hall–Kier alpha value is -3.15. The fourth-order valence-corrected chi connectivity index (χ4v) is 3.10. The number of hydrogen-bond donors (Lipinski definition) is 1. The van der Waals surface area contributed by atoms with Gasteiger partial charge in [-0.15, -0.1) is 0 Å². The predicted molar refractivity (Wildman–Crippen MR) is 112 cm³/mol. The monoisotopic (exact) mass is 397 g/mol. The molecule has 6 heteroatoms. The molecule has 1 N–H and O–H groups in total. The maximum atomic E-state index is 12.5. The number of nitrogens with one attached hydrogen (secondary N) is 1. The number of ether oxygens (including phenoxy) is 4. The molecule has 0 spiro atoms. The maximum absolute atomic E-state index is 12.5. The van der Waals surface area contributed by atoms with E-state index in [1.165, 1.54) is 0 Å². The van der Waals surface area contributed by atoms with E-state index in [2.05, 4.69) is 5.32 Å². The lowest BCUT2D eigenvalue weighted by molar-refractivity contribution is -0.117. The minimum absolute atomic E-state index is 0.130. The second kappa shape index (κ2) is 9.87. The van der Waals surface area contributed by atoms with Gasteiger partial charge in [0.2, 0.25) is 0 Å². The lowest BCUT2D eigenvalue weighted by atomic mass is 10.1. The number of rotatable bonds is 9. The summed E-state index contributed by atoms with van der Waals surface area (Å²) in [7, 11) is 1.61. The van der Waals surface area contributed by atoms with Gasteiger partial charge in [0.25, 0.3) is 5.91 Å². The van der Waals surface area contributed by atoms with Crippen molar-refractivity contribution in [3.05, 3.63) is 53.1 Å². The molecule has 0 radical (unpaired) electrons. The van der Waals surface area contributed by atoms with Crippen LogP contribution in [-0.2, 0) is 11.2 Å². The van der Waals surface area contributed by atoms with Crippen LogP contribution in [0.1, 0.15) is 25.0 Å². The lowest BCUT2D eigenvalue weighted by Gasteiger charge is -2.18. The average Bonchev–Trinajstić information content (AvgIpc) is 2.74. The molecule has 0 aliphatic carbocycles. The van der Waals surface area contributed by atoms with Gasteiger partial charge in [-0.1, -0.05) is 6.07 Å². The van der Waals surface area contributed by atoms with Gasteiger partial charge in [0, 0.05) is 12.1 Å². The minimum Gasteiger partial charge on any atom is -0.497 e. The topological polar surface area (TPSA) is 66.0 Å². The summed E-state index contributed by atoms with van der Waals surface area (Å²) in [4.78, 5) is 12.5. The van der Waals surface area contributed by atoms with Crippen LogP contribution in [0.25, 0.3) is 6.08 Å². The number of hydrogen-bond acceptors (Lipinski definition) is 5. The van der Waals surface area contributed by atoms with Crippen LogP contribution in [0.5, 0.6) is 23.0 Å². The molecule has 0 atom stereocenters. The highest BCUT2D eigenvalue weighted by molar-refractivity contribution is 5.99. The van der Waals surface area contributed by atoms with E-state index < -0.39 is 0 Å². The molecule has 6 nitrogen and oxygen atoms in total. The molecule has 3 rings (SSSR count). The summed E-state index contributed by atoms with van der Waals surface area (Å²) >= 11 is 0. The Labute approximate surface area is 171 Å². The number of carbonyl (C=O) groups excluding carboxylic acids is 1. The van der Waals surface area contributed by atoms with Crippen molar-refractivity contribution in [2.45, 2.75) is 20.3 Å². The summed E-state index contributed by atoms with van der Waals surface area (Å²) in [5.74, 6) is 2.81. The number of methoxy groups -OCH3 is 1. The Morgan fingerprint density at radius 3 is 2.62 bits per heavy atom. The molecule has 1 aliphatic rings. The van der Waals surface area contributed by atoms with Gasteiger partial charge in [-0.25, -0.2) is 0 Å². The number of amides is 1. The fraction of sp³-hybridized carbons (Fsp3) is 0.348. The molecule has 29 heavy (non-hydrogen) atoms. The number of carbonyl (C=O) groups is 1. The van der Waals surface area contributed by atoms with Crippen molar-refractivity contribution in [1.82, 2.24) is 5.32 Å². The highest BCUT2D eigenvalue weighted by atomic mass is 16.5. The molecule has 1 heterocycles. The normalized spacial score (nSPS) is 12.3. The van der Waals surface area contributed by atoms with Crippen LogP contribution in [0, 0.1) is 0 Å². The van der Waals surface area contributed by atoms with Gasteiger partial charge in [-0.3, -0.25) is 4.79 Å². The van der Waals surface area contributed by atoms with Crippen LogP contribution in [0.2, 0.25) is 0 Å². The molecule has 2 aromatic carbocycles. The highest BCUT2D eigenvalue weighted by Crippen LogP contribution is 2.30. The van der Waals surface area contributed by atoms with Gasteiger partial charge in [-0.2, -0.15) is 0 Å². The van der Waals surface area contributed by atoms with E-state index in [4.69, 9.17) is 18.9 Å². The standard InChI is InChI=1S/C23H27NO5/c1-4-27-21-8-6-16(12-22(21)28-5-2)10-11-24-23(25)18-13-17-14-19(26-3)7-9-20(17)29-15-18/h6-9,12-14H,4-5,10-11,15H2,1-3H3,(H,24,25).